The Morgan fingerprint density at radius 3 is 2.47 bits per heavy atom. The molecular formula is C26H28N2O4. The molecule has 0 radical (unpaired) electrons. The minimum absolute atomic E-state index is 0.0565. The Morgan fingerprint density at radius 1 is 1.03 bits per heavy atom. The lowest BCUT2D eigenvalue weighted by Crippen LogP contribution is -2.46. The van der Waals surface area contributed by atoms with Crippen LogP contribution in [0.15, 0.2) is 41.2 Å². The summed E-state index contributed by atoms with van der Waals surface area (Å²) < 4.78 is 11.1. The van der Waals surface area contributed by atoms with Crippen molar-refractivity contribution in [3.8, 4) is 11.5 Å². The number of carbonyl (C=O) groups is 1. The fraction of sp³-hybridized carbons (Fsp3) is 0.385. The molecule has 1 atom stereocenters. The Labute approximate surface area is 187 Å². The Hall–Kier alpha value is -3.28. The predicted molar refractivity (Wildman–Crippen MR) is 123 cm³/mol. The van der Waals surface area contributed by atoms with Crippen LogP contribution in [-0.2, 0) is 11.2 Å². The van der Waals surface area contributed by atoms with Gasteiger partial charge < -0.3 is 19.4 Å². The summed E-state index contributed by atoms with van der Waals surface area (Å²) in [5.74, 6) is 1.46. The van der Waals surface area contributed by atoms with Gasteiger partial charge in [-0.15, -0.1) is 0 Å². The third-order valence-corrected chi connectivity index (χ3v) is 6.93. The van der Waals surface area contributed by atoms with Gasteiger partial charge in [0.25, 0.3) is 5.56 Å². The molecule has 0 bridgehead atoms. The number of methoxy groups -OCH3 is 2. The van der Waals surface area contributed by atoms with Gasteiger partial charge in [0.05, 0.1) is 20.3 Å². The molecule has 6 heteroatoms. The molecule has 0 saturated heterocycles. The Kier molecular flexibility index (Phi) is 5.16. The molecule has 1 saturated carbocycles. The number of H-pyrrole nitrogens is 1. The molecule has 1 aliphatic carbocycles. The van der Waals surface area contributed by atoms with Crippen molar-refractivity contribution >= 4 is 16.8 Å². The van der Waals surface area contributed by atoms with Crippen LogP contribution >= 0.6 is 0 Å². The highest BCUT2D eigenvalue weighted by Gasteiger charge is 2.39. The van der Waals surface area contributed by atoms with Crippen molar-refractivity contribution in [1.82, 2.24) is 9.88 Å². The van der Waals surface area contributed by atoms with Gasteiger partial charge in [0, 0.05) is 23.5 Å². The lowest BCUT2D eigenvalue weighted by atomic mass is 9.81. The fourth-order valence-corrected chi connectivity index (χ4v) is 4.95. The molecule has 1 fully saturated rings. The van der Waals surface area contributed by atoms with E-state index in [1.807, 2.05) is 42.2 Å². The van der Waals surface area contributed by atoms with E-state index in [9.17, 15) is 9.59 Å². The monoisotopic (exact) mass is 432 g/mol. The Morgan fingerprint density at radius 2 is 1.78 bits per heavy atom. The maximum absolute atomic E-state index is 13.4. The van der Waals surface area contributed by atoms with Crippen LogP contribution in [0.4, 0.5) is 0 Å². The van der Waals surface area contributed by atoms with Crippen LogP contribution in [0.25, 0.3) is 10.9 Å². The van der Waals surface area contributed by atoms with Crippen LogP contribution in [0.5, 0.6) is 11.5 Å². The second-order valence-corrected chi connectivity index (χ2v) is 8.86. The number of pyridine rings is 1. The van der Waals surface area contributed by atoms with Gasteiger partial charge in [0.15, 0.2) is 11.5 Å². The van der Waals surface area contributed by atoms with E-state index < -0.39 is 6.04 Å². The fourth-order valence-electron chi connectivity index (χ4n) is 4.95. The molecule has 0 spiro atoms. The first kappa shape index (κ1) is 20.6. The first-order valence-corrected chi connectivity index (χ1v) is 11.2. The number of amides is 1. The lowest BCUT2D eigenvalue weighted by Gasteiger charge is -2.41. The summed E-state index contributed by atoms with van der Waals surface area (Å²) in [6.45, 7) is 2.61. The number of aryl methyl sites for hydroxylation is 1. The molecule has 32 heavy (non-hydrogen) atoms. The van der Waals surface area contributed by atoms with Gasteiger partial charge in [-0.25, -0.2) is 0 Å². The summed E-state index contributed by atoms with van der Waals surface area (Å²) >= 11 is 0. The first-order chi connectivity index (χ1) is 15.5. The molecule has 6 nitrogen and oxygen atoms in total. The number of aromatic nitrogens is 1. The van der Waals surface area contributed by atoms with Gasteiger partial charge in [0.1, 0.15) is 0 Å². The lowest BCUT2D eigenvalue weighted by molar-refractivity contribution is -0.140. The molecule has 2 aromatic carbocycles. The summed E-state index contributed by atoms with van der Waals surface area (Å²) in [5, 5.41) is 0.961. The number of benzene rings is 2. The van der Waals surface area contributed by atoms with Gasteiger partial charge >= 0.3 is 0 Å². The summed E-state index contributed by atoms with van der Waals surface area (Å²) in [6.07, 6.45) is 3.66. The van der Waals surface area contributed by atoms with E-state index in [0.29, 0.717) is 23.6 Å². The number of aromatic amines is 1. The van der Waals surface area contributed by atoms with Crippen LogP contribution in [0.3, 0.4) is 0 Å². The number of nitrogens with one attached hydrogen (secondary N) is 1. The minimum atomic E-state index is -0.458. The molecule has 1 aromatic heterocycles. The second kappa shape index (κ2) is 8.01. The largest absolute Gasteiger partial charge is 0.493 e. The van der Waals surface area contributed by atoms with Crippen LogP contribution in [0.2, 0.25) is 0 Å². The van der Waals surface area contributed by atoms with E-state index in [2.05, 4.69) is 11.1 Å². The van der Waals surface area contributed by atoms with Crippen molar-refractivity contribution in [2.75, 3.05) is 20.8 Å². The SMILES string of the molecule is COc1cc2c(cc1OC)C(c1cc3cc(C)ccc3[nH]c1=O)N(C(=O)C1CCC1)CC2. The van der Waals surface area contributed by atoms with Gasteiger partial charge in [-0.3, -0.25) is 9.59 Å². The van der Waals surface area contributed by atoms with E-state index in [-0.39, 0.29) is 17.4 Å². The number of fused-ring (bicyclic) bond motifs is 2. The van der Waals surface area contributed by atoms with E-state index in [1.165, 1.54) is 0 Å². The van der Waals surface area contributed by atoms with E-state index in [4.69, 9.17) is 9.47 Å². The van der Waals surface area contributed by atoms with Crippen molar-refractivity contribution in [2.45, 2.75) is 38.6 Å². The van der Waals surface area contributed by atoms with Crippen LogP contribution in [0.1, 0.15) is 47.6 Å². The topological polar surface area (TPSA) is 71.6 Å². The summed E-state index contributed by atoms with van der Waals surface area (Å²) in [7, 11) is 3.22. The minimum Gasteiger partial charge on any atom is -0.493 e. The van der Waals surface area contributed by atoms with Crippen LogP contribution < -0.4 is 15.0 Å². The van der Waals surface area contributed by atoms with Crippen molar-refractivity contribution in [1.29, 1.82) is 0 Å². The van der Waals surface area contributed by atoms with E-state index in [1.54, 1.807) is 14.2 Å². The summed E-state index contributed by atoms with van der Waals surface area (Å²) in [4.78, 5) is 31.7. The van der Waals surface area contributed by atoms with Gasteiger partial charge in [-0.1, -0.05) is 18.1 Å². The third kappa shape index (κ3) is 3.34. The third-order valence-electron chi connectivity index (χ3n) is 6.93. The zero-order valence-electron chi connectivity index (χ0n) is 18.7. The van der Waals surface area contributed by atoms with Crippen molar-refractivity contribution < 1.29 is 14.3 Å². The van der Waals surface area contributed by atoms with Gasteiger partial charge in [0.2, 0.25) is 5.91 Å². The van der Waals surface area contributed by atoms with Crippen molar-refractivity contribution in [3.63, 3.8) is 0 Å². The summed E-state index contributed by atoms with van der Waals surface area (Å²) in [5.41, 5.74) is 4.34. The van der Waals surface area contributed by atoms with Crippen molar-refractivity contribution in [3.05, 3.63) is 69.0 Å². The highest BCUT2D eigenvalue weighted by molar-refractivity contribution is 5.83. The quantitative estimate of drug-likeness (QED) is 0.673. The van der Waals surface area contributed by atoms with E-state index in [0.717, 1.165) is 53.3 Å². The predicted octanol–water partition coefficient (Wildman–Crippen LogP) is 4.13. The number of hydrogen-bond donors (Lipinski definition) is 1. The maximum atomic E-state index is 13.4. The van der Waals surface area contributed by atoms with Crippen molar-refractivity contribution in [2.24, 2.45) is 5.92 Å². The molecule has 1 amide bonds. The number of rotatable bonds is 4. The van der Waals surface area contributed by atoms with Gasteiger partial charge in [-0.05, 0) is 73.0 Å². The van der Waals surface area contributed by atoms with Gasteiger partial charge in [-0.2, -0.15) is 0 Å². The first-order valence-electron chi connectivity index (χ1n) is 11.2. The molecule has 1 N–H and O–H groups in total. The maximum Gasteiger partial charge on any atom is 0.254 e. The highest BCUT2D eigenvalue weighted by atomic mass is 16.5. The highest BCUT2D eigenvalue weighted by Crippen LogP contribution is 2.42. The zero-order valence-corrected chi connectivity index (χ0v) is 18.7. The van der Waals surface area contributed by atoms with Crippen LogP contribution in [0, 0.1) is 12.8 Å². The Balaban J connectivity index is 1.72. The number of nitrogens with zero attached hydrogens (tertiary/aromatic N) is 1. The molecule has 2 aliphatic rings. The molecule has 2 heterocycles. The molecular weight excluding hydrogens is 404 g/mol. The molecule has 3 aromatic rings. The smallest absolute Gasteiger partial charge is 0.254 e. The molecule has 1 unspecified atom stereocenters. The number of carbonyl (C=O) groups excluding carboxylic acids is 1. The number of hydrogen-bond acceptors (Lipinski definition) is 4. The Bertz CT molecular complexity index is 1260. The average Bonchev–Trinajstić information content (AvgIpc) is 2.76. The average molecular weight is 433 g/mol. The molecule has 166 valence electrons. The number of ether oxygens (including phenoxy) is 2. The summed E-state index contributed by atoms with van der Waals surface area (Å²) in [6, 6.07) is 11.4. The second-order valence-electron chi connectivity index (χ2n) is 8.86. The zero-order chi connectivity index (χ0) is 22.4. The normalized spacial score (nSPS) is 18.2. The van der Waals surface area contributed by atoms with Crippen LogP contribution in [-0.4, -0.2) is 36.6 Å². The molecule has 5 rings (SSSR count). The van der Waals surface area contributed by atoms with E-state index >= 15 is 0 Å². The molecule has 1 aliphatic heterocycles. The standard InChI is InChI=1S/C26H28N2O4/c1-15-7-8-21-18(11-15)12-20(25(29)27-21)24-19-14-23(32-3)22(31-2)13-17(19)9-10-28(24)26(30)16-5-4-6-16/h7-8,11-14,16,24H,4-6,9-10H2,1-3H3,(H,27,29).